The molecule has 0 amide bonds. The molecule has 5 saturated carbocycles. The van der Waals surface area contributed by atoms with Crippen LogP contribution in [0.2, 0.25) is 0 Å². The minimum atomic E-state index is -0.532. The lowest BCUT2D eigenvalue weighted by molar-refractivity contribution is -0.217. The van der Waals surface area contributed by atoms with Crippen molar-refractivity contribution >= 4 is 5.97 Å². The van der Waals surface area contributed by atoms with Gasteiger partial charge in [0.25, 0.3) is 0 Å². The van der Waals surface area contributed by atoms with Crippen molar-refractivity contribution in [1.82, 2.24) is 0 Å². The first-order valence-corrected chi connectivity index (χ1v) is 13.5. The van der Waals surface area contributed by atoms with E-state index < -0.39 is 11.4 Å². The van der Waals surface area contributed by atoms with Crippen LogP contribution in [0.25, 0.3) is 0 Å². The van der Waals surface area contributed by atoms with Gasteiger partial charge in [0.2, 0.25) is 0 Å². The molecule has 2 N–H and O–H groups in total. The van der Waals surface area contributed by atoms with Crippen molar-refractivity contribution in [1.29, 1.82) is 0 Å². The first-order chi connectivity index (χ1) is 14.9. The molecule has 180 valence electrons. The minimum Gasteiger partial charge on any atom is -0.481 e. The summed E-state index contributed by atoms with van der Waals surface area (Å²) in [7, 11) is 0. The molecule has 5 rings (SSSR count). The van der Waals surface area contributed by atoms with E-state index in [1.54, 1.807) is 0 Å². The first-order valence-electron chi connectivity index (χ1n) is 13.5. The van der Waals surface area contributed by atoms with Crippen molar-refractivity contribution < 1.29 is 15.0 Å². The molecule has 0 aliphatic heterocycles. The van der Waals surface area contributed by atoms with E-state index in [-0.39, 0.29) is 17.4 Å². The highest BCUT2D eigenvalue weighted by Crippen LogP contribution is 2.73. The highest BCUT2D eigenvalue weighted by atomic mass is 16.4. The van der Waals surface area contributed by atoms with Gasteiger partial charge in [-0.05, 0) is 123 Å². The fourth-order valence-corrected chi connectivity index (χ4v) is 11.2. The van der Waals surface area contributed by atoms with Crippen LogP contribution in [0.15, 0.2) is 12.2 Å². The summed E-state index contributed by atoms with van der Waals surface area (Å²) in [5.74, 6) is 2.60. The highest BCUT2D eigenvalue weighted by Gasteiger charge is 2.68. The van der Waals surface area contributed by atoms with Crippen LogP contribution in [0.4, 0.5) is 0 Å². The number of aliphatic carboxylic acids is 1. The third-order valence-corrected chi connectivity index (χ3v) is 12.6. The second-order valence-electron chi connectivity index (χ2n) is 13.9. The van der Waals surface area contributed by atoms with Gasteiger partial charge in [-0.3, -0.25) is 4.79 Å². The van der Waals surface area contributed by atoms with Crippen molar-refractivity contribution in [3.63, 3.8) is 0 Å². The van der Waals surface area contributed by atoms with Gasteiger partial charge in [0.1, 0.15) is 0 Å². The Morgan fingerprint density at radius 2 is 1.50 bits per heavy atom. The Bertz CT molecular complexity index is 815. The molecule has 0 spiro atoms. The molecule has 0 aromatic carbocycles. The number of hydrogen-bond acceptors (Lipinski definition) is 2. The summed E-state index contributed by atoms with van der Waals surface area (Å²) in [5.41, 5.74) is 1.30. The van der Waals surface area contributed by atoms with Gasteiger partial charge in [-0.15, -0.1) is 0 Å². The fourth-order valence-electron chi connectivity index (χ4n) is 11.2. The van der Waals surface area contributed by atoms with Crippen molar-refractivity contribution in [2.24, 2.45) is 57.2 Å². The summed E-state index contributed by atoms with van der Waals surface area (Å²) in [6.45, 7) is 16.2. The standard InChI is InChI=1S/C29H46O3/c1-17(2)18-9-15-29(25(31)32)16-10-20-19(24(18)29)7-8-22-27(20,5)13-11-21-26(3,4)23(30)12-14-28(21,22)6/h18-24,30H,1,7-16H2,2-6H3,(H,31,32)/t18?,19-,20?,21?,22?,23+,24?,27-,28-,29-/m0/s1. The van der Waals surface area contributed by atoms with Gasteiger partial charge >= 0.3 is 5.97 Å². The number of carboxylic acid groups (broad SMARTS) is 1. The Morgan fingerprint density at radius 3 is 2.16 bits per heavy atom. The molecular weight excluding hydrogens is 396 g/mol. The van der Waals surface area contributed by atoms with Gasteiger partial charge in [0.15, 0.2) is 0 Å². The molecule has 0 heterocycles. The largest absolute Gasteiger partial charge is 0.481 e. The van der Waals surface area contributed by atoms with Crippen LogP contribution in [0, 0.1) is 57.2 Å². The number of fused-ring (bicyclic) bond motifs is 7. The Kier molecular flexibility index (Phi) is 5.08. The molecule has 0 aromatic heterocycles. The number of carbonyl (C=O) groups is 1. The molecule has 10 atom stereocenters. The van der Waals surface area contributed by atoms with E-state index in [0.29, 0.717) is 40.4 Å². The van der Waals surface area contributed by atoms with Crippen LogP contribution >= 0.6 is 0 Å². The van der Waals surface area contributed by atoms with Gasteiger partial charge in [-0.25, -0.2) is 0 Å². The van der Waals surface area contributed by atoms with Crippen LogP contribution in [0.5, 0.6) is 0 Å². The number of allylic oxidation sites excluding steroid dienone is 1. The monoisotopic (exact) mass is 442 g/mol. The van der Waals surface area contributed by atoms with Gasteiger partial charge in [-0.2, -0.15) is 0 Å². The van der Waals surface area contributed by atoms with Crippen molar-refractivity contribution in [3.8, 4) is 0 Å². The predicted octanol–water partition coefficient (Wildman–Crippen LogP) is 6.70. The van der Waals surface area contributed by atoms with E-state index in [0.717, 1.165) is 38.5 Å². The zero-order valence-electron chi connectivity index (χ0n) is 21.1. The molecule has 3 nitrogen and oxygen atoms in total. The number of aliphatic hydroxyl groups is 1. The SMILES string of the molecule is C=C(C)C1CC[C@]2(C(=O)O)CCC3[C@H](CCC4[C@@]3(C)CCC3C(C)(C)[C@H](O)CC[C@@]34C)C12. The molecule has 0 radical (unpaired) electrons. The Labute approximate surface area is 195 Å². The smallest absolute Gasteiger partial charge is 0.309 e. The molecule has 0 saturated heterocycles. The summed E-state index contributed by atoms with van der Waals surface area (Å²) in [6.07, 6.45) is 10.6. The van der Waals surface area contributed by atoms with E-state index in [2.05, 4.69) is 41.2 Å². The van der Waals surface area contributed by atoms with E-state index in [9.17, 15) is 15.0 Å². The third-order valence-electron chi connectivity index (χ3n) is 12.6. The van der Waals surface area contributed by atoms with Crippen LogP contribution < -0.4 is 0 Å². The molecule has 5 fully saturated rings. The van der Waals surface area contributed by atoms with Gasteiger partial charge in [0, 0.05) is 0 Å². The van der Waals surface area contributed by atoms with Gasteiger partial charge < -0.3 is 10.2 Å². The van der Waals surface area contributed by atoms with Crippen LogP contribution in [0.3, 0.4) is 0 Å². The average Bonchev–Trinajstić information content (AvgIpc) is 3.12. The number of rotatable bonds is 2. The Hall–Kier alpha value is -0.830. The normalized spacial score (nSPS) is 54.0. The number of aliphatic hydroxyl groups excluding tert-OH is 1. The topological polar surface area (TPSA) is 57.5 Å². The summed E-state index contributed by atoms with van der Waals surface area (Å²) < 4.78 is 0. The zero-order chi connectivity index (χ0) is 23.3. The average molecular weight is 443 g/mol. The fraction of sp³-hybridized carbons (Fsp3) is 0.897. The van der Waals surface area contributed by atoms with Crippen LogP contribution in [0.1, 0.15) is 98.8 Å². The van der Waals surface area contributed by atoms with E-state index >= 15 is 0 Å². The third kappa shape index (κ3) is 2.72. The van der Waals surface area contributed by atoms with Crippen molar-refractivity contribution in [2.75, 3.05) is 0 Å². The van der Waals surface area contributed by atoms with Crippen LogP contribution in [-0.4, -0.2) is 22.3 Å². The zero-order valence-corrected chi connectivity index (χ0v) is 21.1. The van der Waals surface area contributed by atoms with Gasteiger partial charge in [0.05, 0.1) is 11.5 Å². The first kappa shape index (κ1) is 22.9. The number of hydrogen-bond donors (Lipinski definition) is 2. The lowest BCUT2D eigenvalue weighted by Gasteiger charge is -2.69. The molecule has 0 aromatic rings. The molecular formula is C29H46O3. The van der Waals surface area contributed by atoms with Crippen molar-refractivity contribution in [2.45, 2.75) is 105 Å². The molecule has 5 aliphatic carbocycles. The quantitative estimate of drug-likeness (QED) is 0.468. The predicted molar refractivity (Wildman–Crippen MR) is 128 cm³/mol. The van der Waals surface area contributed by atoms with E-state index in [1.807, 2.05) is 0 Å². The molecule has 5 aliphatic rings. The molecule has 3 heteroatoms. The number of carboxylic acids is 1. The summed E-state index contributed by atoms with van der Waals surface area (Å²) in [4.78, 5) is 12.7. The lowest BCUT2D eigenvalue weighted by Crippen LogP contribution is -2.63. The summed E-state index contributed by atoms with van der Waals surface area (Å²) >= 11 is 0. The maximum absolute atomic E-state index is 12.7. The van der Waals surface area contributed by atoms with Crippen molar-refractivity contribution in [3.05, 3.63) is 12.2 Å². The van der Waals surface area contributed by atoms with E-state index in [4.69, 9.17) is 0 Å². The molecule has 0 bridgehead atoms. The second kappa shape index (κ2) is 7.09. The van der Waals surface area contributed by atoms with E-state index in [1.165, 1.54) is 31.3 Å². The molecule has 32 heavy (non-hydrogen) atoms. The highest BCUT2D eigenvalue weighted by molar-refractivity contribution is 5.76. The Balaban J connectivity index is 1.52. The minimum absolute atomic E-state index is 0.00724. The molecule has 5 unspecified atom stereocenters. The second-order valence-corrected chi connectivity index (χ2v) is 13.9. The summed E-state index contributed by atoms with van der Waals surface area (Å²) in [5, 5.41) is 21.2. The summed E-state index contributed by atoms with van der Waals surface area (Å²) in [6, 6.07) is 0. The maximum atomic E-state index is 12.7. The Morgan fingerprint density at radius 1 is 0.844 bits per heavy atom. The maximum Gasteiger partial charge on any atom is 0.309 e. The lowest BCUT2D eigenvalue weighted by atomic mass is 9.36. The van der Waals surface area contributed by atoms with Crippen LogP contribution in [-0.2, 0) is 4.79 Å². The van der Waals surface area contributed by atoms with Gasteiger partial charge in [-0.1, -0.05) is 39.8 Å².